The topological polar surface area (TPSA) is 114 Å². The van der Waals surface area contributed by atoms with Crippen molar-refractivity contribution in [1.29, 1.82) is 0 Å². The van der Waals surface area contributed by atoms with Gasteiger partial charge >= 0.3 is 5.69 Å². The standard InChI is InChI=1S/C25H20N2O6/c28-12-18-22(30)23(24(33-18)27-11-10-19(29)26-25(27)31)32-17-9-7-15-5-4-13-2-1-3-14-6-8-16(17)21(15)20(13)14/h1-11,18,22-24,28,30H,12H2,(H,26,29,31)/t18-,22?,23+,24-/m1/s1. The molecule has 1 saturated heterocycles. The van der Waals surface area contributed by atoms with Crippen LogP contribution in [0.5, 0.6) is 5.75 Å². The van der Waals surface area contributed by atoms with E-state index in [9.17, 15) is 19.8 Å². The number of hydrogen-bond donors (Lipinski definition) is 3. The Balaban J connectivity index is 1.49. The molecule has 8 nitrogen and oxygen atoms in total. The van der Waals surface area contributed by atoms with Crippen molar-refractivity contribution in [3.8, 4) is 5.75 Å². The van der Waals surface area contributed by atoms with E-state index >= 15 is 0 Å². The highest BCUT2D eigenvalue weighted by Gasteiger charge is 2.46. The number of nitrogens with zero attached hydrogens (tertiary/aromatic N) is 1. The summed E-state index contributed by atoms with van der Waals surface area (Å²) in [7, 11) is 0. The second kappa shape index (κ2) is 7.41. The van der Waals surface area contributed by atoms with E-state index in [2.05, 4.69) is 29.2 Å². The van der Waals surface area contributed by atoms with E-state index in [0.717, 1.165) is 36.9 Å². The van der Waals surface area contributed by atoms with Crippen LogP contribution in [0.4, 0.5) is 0 Å². The van der Waals surface area contributed by atoms with Crippen molar-refractivity contribution in [2.45, 2.75) is 24.5 Å². The molecule has 4 atom stereocenters. The lowest BCUT2D eigenvalue weighted by Crippen LogP contribution is -2.41. The van der Waals surface area contributed by atoms with Crippen LogP contribution in [0, 0.1) is 0 Å². The highest BCUT2D eigenvalue weighted by molar-refractivity contribution is 6.24. The molecule has 1 aliphatic heterocycles. The Morgan fingerprint density at radius 2 is 1.64 bits per heavy atom. The molecule has 33 heavy (non-hydrogen) atoms. The monoisotopic (exact) mass is 444 g/mol. The molecule has 3 N–H and O–H groups in total. The van der Waals surface area contributed by atoms with Crippen LogP contribution in [-0.4, -0.2) is 44.7 Å². The molecule has 0 bridgehead atoms. The van der Waals surface area contributed by atoms with Crippen molar-refractivity contribution in [1.82, 2.24) is 9.55 Å². The summed E-state index contributed by atoms with van der Waals surface area (Å²) in [5.41, 5.74) is -1.24. The molecule has 8 heteroatoms. The number of ether oxygens (including phenoxy) is 2. The first-order chi connectivity index (χ1) is 16.0. The predicted molar refractivity (Wildman–Crippen MR) is 123 cm³/mol. The van der Waals surface area contributed by atoms with Gasteiger partial charge < -0.3 is 19.7 Å². The van der Waals surface area contributed by atoms with Crippen LogP contribution in [0.3, 0.4) is 0 Å². The Bertz CT molecular complexity index is 1590. The molecule has 0 aliphatic carbocycles. The average Bonchev–Trinajstić information content (AvgIpc) is 3.13. The number of benzene rings is 4. The summed E-state index contributed by atoms with van der Waals surface area (Å²) < 4.78 is 13.2. The molecule has 1 unspecified atom stereocenters. The van der Waals surface area contributed by atoms with E-state index in [-0.39, 0.29) is 0 Å². The second-order valence-corrected chi connectivity index (χ2v) is 8.26. The zero-order valence-electron chi connectivity index (χ0n) is 17.3. The van der Waals surface area contributed by atoms with Gasteiger partial charge in [0, 0.05) is 23.0 Å². The molecule has 0 saturated carbocycles. The third-order valence-corrected chi connectivity index (χ3v) is 6.37. The maximum atomic E-state index is 12.4. The van der Waals surface area contributed by atoms with Crippen molar-refractivity contribution >= 4 is 32.3 Å². The zero-order valence-corrected chi connectivity index (χ0v) is 17.3. The lowest BCUT2D eigenvalue weighted by molar-refractivity contribution is -0.0522. The van der Waals surface area contributed by atoms with Crippen LogP contribution in [0.1, 0.15) is 6.23 Å². The molecule has 1 aromatic heterocycles. The highest BCUT2D eigenvalue weighted by atomic mass is 16.6. The maximum Gasteiger partial charge on any atom is 0.330 e. The first-order valence-corrected chi connectivity index (χ1v) is 10.6. The van der Waals surface area contributed by atoms with Gasteiger partial charge in [0.05, 0.1) is 6.61 Å². The molecule has 5 aromatic rings. The highest BCUT2D eigenvalue weighted by Crippen LogP contribution is 2.40. The normalized spacial score (nSPS) is 23.1. The van der Waals surface area contributed by atoms with E-state index in [1.165, 1.54) is 12.3 Å². The minimum atomic E-state index is -1.20. The van der Waals surface area contributed by atoms with E-state index in [1.807, 2.05) is 30.3 Å². The second-order valence-electron chi connectivity index (χ2n) is 8.26. The van der Waals surface area contributed by atoms with Crippen LogP contribution in [0.15, 0.2) is 76.4 Å². The SMILES string of the molecule is O=c1ccn([C@@H]2O[C@H](CO)C(O)[C@@H]2Oc2ccc3ccc4cccc5ccc2c3c45)c(=O)[nH]1. The Kier molecular flexibility index (Phi) is 4.48. The van der Waals surface area contributed by atoms with Crippen molar-refractivity contribution in [2.24, 2.45) is 0 Å². The summed E-state index contributed by atoms with van der Waals surface area (Å²) in [5.74, 6) is 0.523. The minimum Gasteiger partial charge on any atom is -0.482 e. The van der Waals surface area contributed by atoms with Gasteiger partial charge in [0.25, 0.3) is 5.56 Å². The molecule has 166 valence electrons. The summed E-state index contributed by atoms with van der Waals surface area (Å²) in [6.07, 6.45) is -2.89. The maximum absolute atomic E-state index is 12.4. The minimum absolute atomic E-state index is 0.450. The first-order valence-electron chi connectivity index (χ1n) is 10.6. The van der Waals surface area contributed by atoms with E-state index in [1.54, 1.807) is 0 Å². The van der Waals surface area contributed by atoms with Gasteiger partial charge in [0.2, 0.25) is 0 Å². The number of aromatic amines is 1. The Labute approximate surface area is 186 Å². The molecule has 0 spiro atoms. The van der Waals surface area contributed by atoms with E-state index in [0.29, 0.717) is 5.75 Å². The van der Waals surface area contributed by atoms with Crippen LogP contribution >= 0.6 is 0 Å². The lowest BCUT2D eigenvalue weighted by atomic mass is 9.94. The quantitative estimate of drug-likeness (QED) is 0.366. The Morgan fingerprint density at radius 3 is 2.36 bits per heavy atom. The number of H-pyrrole nitrogens is 1. The van der Waals surface area contributed by atoms with Crippen molar-refractivity contribution in [3.05, 3.63) is 87.7 Å². The van der Waals surface area contributed by atoms with Gasteiger partial charge in [-0.25, -0.2) is 4.79 Å². The number of aliphatic hydroxyl groups is 2. The van der Waals surface area contributed by atoms with Gasteiger partial charge in [0.1, 0.15) is 18.0 Å². The number of nitrogens with one attached hydrogen (secondary N) is 1. The molecular weight excluding hydrogens is 424 g/mol. The molecule has 2 heterocycles. The van der Waals surface area contributed by atoms with Crippen molar-refractivity contribution < 1.29 is 19.7 Å². The number of hydrogen-bond acceptors (Lipinski definition) is 6. The molecule has 6 rings (SSSR count). The van der Waals surface area contributed by atoms with Crippen LogP contribution in [-0.2, 0) is 4.74 Å². The van der Waals surface area contributed by atoms with Gasteiger partial charge in [-0.05, 0) is 33.7 Å². The van der Waals surface area contributed by atoms with Gasteiger partial charge in [0.15, 0.2) is 12.3 Å². The van der Waals surface area contributed by atoms with Gasteiger partial charge in [-0.1, -0.05) is 42.5 Å². The smallest absolute Gasteiger partial charge is 0.330 e. The van der Waals surface area contributed by atoms with Crippen molar-refractivity contribution in [3.63, 3.8) is 0 Å². The summed E-state index contributed by atoms with van der Waals surface area (Å²) in [6, 6.07) is 19.3. The van der Waals surface area contributed by atoms with Crippen LogP contribution < -0.4 is 16.0 Å². The third kappa shape index (κ3) is 3.03. The fourth-order valence-corrected chi connectivity index (χ4v) is 4.81. The third-order valence-electron chi connectivity index (χ3n) is 6.37. The fourth-order valence-electron chi connectivity index (χ4n) is 4.81. The molecule has 0 amide bonds. The summed E-state index contributed by atoms with van der Waals surface area (Å²) in [5, 5.41) is 26.8. The molecule has 1 aliphatic rings. The lowest BCUT2D eigenvalue weighted by Gasteiger charge is -2.24. The molecule has 4 aromatic carbocycles. The van der Waals surface area contributed by atoms with Gasteiger partial charge in [-0.3, -0.25) is 14.3 Å². The first kappa shape index (κ1) is 19.9. The largest absolute Gasteiger partial charge is 0.482 e. The Hall–Kier alpha value is -3.72. The zero-order chi connectivity index (χ0) is 22.7. The van der Waals surface area contributed by atoms with Crippen LogP contribution in [0.25, 0.3) is 32.3 Å². The molecule has 1 fully saturated rings. The number of aromatic nitrogens is 2. The predicted octanol–water partition coefficient (Wildman–Crippen LogP) is 2.13. The van der Waals surface area contributed by atoms with Gasteiger partial charge in [-0.15, -0.1) is 0 Å². The Morgan fingerprint density at radius 1 is 0.939 bits per heavy atom. The molecular formula is C25H20N2O6. The van der Waals surface area contributed by atoms with Crippen molar-refractivity contribution in [2.75, 3.05) is 6.61 Å². The summed E-state index contributed by atoms with van der Waals surface area (Å²) in [6.45, 7) is -0.450. The van der Waals surface area contributed by atoms with E-state index in [4.69, 9.17) is 9.47 Å². The fraction of sp³-hybridized carbons (Fsp3) is 0.200. The number of rotatable bonds is 4. The summed E-state index contributed by atoms with van der Waals surface area (Å²) >= 11 is 0. The number of aliphatic hydroxyl groups excluding tert-OH is 2. The van der Waals surface area contributed by atoms with Gasteiger partial charge in [-0.2, -0.15) is 0 Å². The average molecular weight is 444 g/mol. The van der Waals surface area contributed by atoms with Crippen LogP contribution in [0.2, 0.25) is 0 Å². The molecule has 0 radical (unpaired) electrons. The van der Waals surface area contributed by atoms with E-state index < -0.39 is 42.4 Å². The summed E-state index contributed by atoms with van der Waals surface area (Å²) in [4.78, 5) is 26.1.